The summed E-state index contributed by atoms with van der Waals surface area (Å²) in [5.74, 6) is -0.709. The number of methoxy groups -OCH3 is 1. The number of amides is 1. The van der Waals surface area contributed by atoms with Crippen LogP contribution in [0.25, 0.3) is 0 Å². The summed E-state index contributed by atoms with van der Waals surface area (Å²) >= 11 is 0. The largest absolute Gasteiger partial charge is 0.463 e. The summed E-state index contributed by atoms with van der Waals surface area (Å²) in [7, 11) is 1.54. The van der Waals surface area contributed by atoms with Crippen LogP contribution in [-0.4, -0.2) is 38.2 Å². The lowest BCUT2D eigenvalue weighted by molar-refractivity contribution is -0.150. The average molecular weight is 359 g/mol. The summed E-state index contributed by atoms with van der Waals surface area (Å²) in [4.78, 5) is 24.3. The molecule has 0 heterocycles. The number of allylic oxidation sites excluding steroid dienone is 2. The number of benzene rings is 1. The van der Waals surface area contributed by atoms with Crippen molar-refractivity contribution in [2.24, 2.45) is 5.92 Å². The van der Waals surface area contributed by atoms with Gasteiger partial charge in [0.05, 0.1) is 18.6 Å². The number of ether oxygens (including phenoxy) is 2. The molecule has 0 saturated carbocycles. The van der Waals surface area contributed by atoms with Crippen LogP contribution in [0.3, 0.4) is 0 Å². The molecular weight excluding hydrogens is 330 g/mol. The van der Waals surface area contributed by atoms with Crippen LogP contribution in [0.2, 0.25) is 0 Å². The highest BCUT2D eigenvalue weighted by molar-refractivity contribution is 5.76. The first-order valence-corrected chi connectivity index (χ1v) is 8.81. The minimum Gasteiger partial charge on any atom is -0.463 e. The van der Waals surface area contributed by atoms with Crippen LogP contribution in [0.5, 0.6) is 0 Å². The second-order valence-electron chi connectivity index (χ2n) is 6.09. The Labute approximate surface area is 156 Å². The lowest BCUT2D eigenvalue weighted by Crippen LogP contribution is -2.42. The van der Waals surface area contributed by atoms with E-state index >= 15 is 0 Å². The van der Waals surface area contributed by atoms with E-state index in [-0.39, 0.29) is 37.0 Å². The molecule has 0 saturated heterocycles. The van der Waals surface area contributed by atoms with Gasteiger partial charge in [0.25, 0.3) is 0 Å². The van der Waals surface area contributed by atoms with E-state index in [2.05, 4.69) is 18.5 Å². The van der Waals surface area contributed by atoms with Crippen molar-refractivity contribution in [2.45, 2.75) is 31.7 Å². The van der Waals surface area contributed by atoms with E-state index in [1.54, 1.807) is 19.3 Å². The van der Waals surface area contributed by atoms with Crippen molar-refractivity contribution in [1.82, 2.24) is 5.32 Å². The maximum Gasteiger partial charge on any atom is 0.309 e. The van der Waals surface area contributed by atoms with E-state index in [1.165, 1.54) is 0 Å². The zero-order chi connectivity index (χ0) is 19.2. The molecule has 0 aliphatic carbocycles. The molecule has 0 fully saturated rings. The van der Waals surface area contributed by atoms with Crippen LogP contribution in [0, 0.1) is 5.92 Å². The Hall–Kier alpha value is -2.40. The monoisotopic (exact) mass is 359 g/mol. The summed E-state index contributed by atoms with van der Waals surface area (Å²) in [6.45, 7) is 7.68. The van der Waals surface area contributed by atoms with E-state index in [0.717, 1.165) is 5.56 Å². The predicted octanol–water partition coefficient (Wildman–Crippen LogP) is 3.06. The highest BCUT2D eigenvalue weighted by Gasteiger charge is 2.21. The fourth-order valence-electron chi connectivity index (χ4n) is 2.53. The molecule has 0 radical (unpaired) electrons. The van der Waals surface area contributed by atoms with Gasteiger partial charge in [-0.15, -0.1) is 13.2 Å². The first-order chi connectivity index (χ1) is 12.6. The van der Waals surface area contributed by atoms with Crippen molar-refractivity contribution >= 4 is 11.9 Å². The van der Waals surface area contributed by atoms with Crippen LogP contribution in [0.1, 0.15) is 24.8 Å². The van der Waals surface area contributed by atoms with Gasteiger partial charge in [-0.25, -0.2) is 0 Å². The van der Waals surface area contributed by atoms with Crippen LogP contribution in [0.4, 0.5) is 0 Å². The number of esters is 1. The van der Waals surface area contributed by atoms with Crippen LogP contribution in [0.15, 0.2) is 55.6 Å². The second-order valence-corrected chi connectivity index (χ2v) is 6.09. The molecule has 2 unspecified atom stereocenters. The maximum atomic E-state index is 12.5. The minimum absolute atomic E-state index is 0.0783. The quantitative estimate of drug-likeness (QED) is 0.434. The second kappa shape index (κ2) is 12.9. The Morgan fingerprint density at radius 2 is 1.88 bits per heavy atom. The Balaban J connectivity index is 2.57. The van der Waals surface area contributed by atoms with Gasteiger partial charge >= 0.3 is 5.97 Å². The number of carbonyl (C=O) groups excluding carboxylic acids is 2. The summed E-state index contributed by atoms with van der Waals surface area (Å²) in [5.41, 5.74) is 1.07. The van der Waals surface area contributed by atoms with E-state index < -0.39 is 0 Å². The van der Waals surface area contributed by atoms with E-state index in [1.807, 2.05) is 30.3 Å². The summed E-state index contributed by atoms with van der Waals surface area (Å²) in [5, 5.41) is 2.82. The fourth-order valence-corrected chi connectivity index (χ4v) is 2.53. The molecule has 1 N–H and O–H groups in total. The van der Waals surface area contributed by atoms with Crippen molar-refractivity contribution in [2.75, 3.05) is 20.3 Å². The summed E-state index contributed by atoms with van der Waals surface area (Å²) in [6, 6.07) is 9.42. The molecule has 1 amide bonds. The molecule has 1 aromatic rings. The summed E-state index contributed by atoms with van der Waals surface area (Å²) < 4.78 is 10.6. The molecule has 0 spiro atoms. The van der Waals surface area contributed by atoms with Gasteiger partial charge in [0, 0.05) is 13.5 Å². The smallest absolute Gasteiger partial charge is 0.309 e. The van der Waals surface area contributed by atoms with E-state index in [9.17, 15) is 9.59 Å². The molecule has 142 valence electrons. The molecule has 5 heteroatoms. The van der Waals surface area contributed by atoms with Crippen molar-refractivity contribution in [3.05, 3.63) is 61.2 Å². The molecular formula is C21H29NO4. The van der Waals surface area contributed by atoms with Gasteiger partial charge in [-0.3, -0.25) is 9.59 Å². The number of hydrogen-bond donors (Lipinski definition) is 1. The SMILES string of the molecule is C=CCCC(=O)NC(COC)COC(=O)C(CC=C)Cc1ccccc1. The minimum atomic E-state index is -0.373. The first kappa shape index (κ1) is 21.6. The molecule has 26 heavy (non-hydrogen) atoms. The zero-order valence-corrected chi connectivity index (χ0v) is 15.5. The highest BCUT2D eigenvalue weighted by atomic mass is 16.5. The van der Waals surface area contributed by atoms with Crippen LogP contribution < -0.4 is 5.32 Å². The van der Waals surface area contributed by atoms with Gasteiger partial charge in [-0.05, 0) is 24.8 Å². The zero-order valence-electron chi connectivity index (χ0n) is 15.5. The number of carbonyl (C=O) groups is 2. The lowest BCUT2D eigenvalue weighted by atomic mass is 9.96. The highest BCUT2D eigenvalue weighted by Crippen LogP contribution is 2.15. The van der Waals surface area contributed by atoms with Crippen molar-refractivity contribution in [1.29, 1.82) is 0 Å². The molecule has 0 aliphatic rings. The standard InChI is InChI=1S/C21H29NO4/c1-4-6-13-20(23)22-19(15-25-3)16-26-21(24)18(10-5-2)14-17-11-8-7-9-12-17/h4-5,7-9,11-12,18-19H,1-2,6,10,13-16H2,3H3,(H,22,23). The fraction of sp³-hybridized carbons (Fsp3) is 0.429. The average Bonchev–Trinajstić information content (AvgIpc) is 2.65. The van der Waals surface area contributed by atoms with Gasteiger partial charge in [-0.1, -0.05) is 42.5 Å². The molecule has 0 aliphatic heterocycles. The van der Waals surface area contributed by atoms with Gasteiger partial charge in [0.1, 0.15) is 6.61 Å². The molecule has 2 atom stereocenters. The number of hydrogen-bond acceptors (Lipinski definition) is 4. The lowest BCUT2D eigenvalue weighted by Gasteiger charge is -2.20. The Kier molecular flexibility index (Phi) is 10.7. The Morgan fingerprint density at radius 1 is 1.15 bits per heavy atom. The van der Waals surface area contributed by atoms with Gasteiger partial charge < -0.3 is 14.8 Å². The van der Waals surface area contributed by atoms with Crippen molar-refractivity contribution in [3.8, 4) is 0 Å². The first-order valence-electron chi connectivity index (χ1n) is 8.81. The van der Waals surface area contributed by atoms with Gasteiger partial charge in [-0.2, -0.15) is 0 Å². The molecule has 5 nitrogen and oxygen atoms in total. The number of nitrogens with one attached hydrogen (secondary N) is 1. The third-order valence-electron chi connectivity index (χ3n) is 3.84. The normalized spacial score (nSPS) is 12.7. The molecule has 1 aromatic carbocycles. The van der Waals surface area contributed by atoms with Crippen molar-refractivity contribution in [3.63, 3.8) is 0 Å². The molecule has 0 bridgehead atoms. The Bertz CT molecular complexity index is 571. The number of rotatable bonds is 13. The van der Waals surface area contributed by atoms with Gasteiger partial charge in [0.15, 0.2) is 0 Å². The Morgan fingerprint density at radius 3 is 2.50 bits per heavy atom. The van der Waals surface area contributed by atoms with Gasteiger partial charge in [0.2, 0.25) is 5.91 Å². The predicted molar refractivity (Wildman–Crippen MR) is 103 cm³/mol. The molecule has 0 aromatic heterocycles. The third-order valence-corrected chi connectivity index (χ3v) is 3.84. The third kappa shape index (κ3) is 8.62. The van der Waals surface area contributed by atoms with Crippen LogP contribution in [-0.2, 0) is 25.5 Å². The topological polar surface area (TPSA) is 64.6 Å². The summed E-state index contributed by atoms with van der Waals surface area (Å²) in [6.07, 6.45) is 5.49. The maximum absolute atomic E-state index is 12.5. The van der Waals surface area contributed by atoms with Crippen molar-refractivity contribution < 1.29 is 19.1 Å². The van der Waals surface area contributed by atoms with Crippen LogP contribution >= 0.6 is 0 Å². The molecule has 1 rings (SSSR count). The van der Waals surface area contributed by atoms with E-state index in [4.69, 9.17) is 9.47 Å². The van der Waals surface area contributed by atoms with E-state index in [0.29, 0.717) is 25.7 Å².